The van der Waals surface area contributed by atoms with Gasteiger partial charge in [0.05, 0.1) is 0 Å². The zero-order valence-corrected chi connectivity index (χ0v) is 11.3. The molecule has 1 heterocycles. The molecule has 3 atom stereocenters. The number of fused-ring (bicyclic) bond motifs is 2. The van der Waals surface area contributed by atoms with E-state index >= 15 is 0 Å². The van der Waals surface area contributed by atoms with Crippen LogP contribution < -0.4 is 14.8 Å². The van der Waals surface area contributed by atoms with E-state index < -0.39 is 0 Å². The molecule has 2 aliphatic rings. The van der Waals surface area contributed by atoms with Gasteiger partial charge in [0, 0.05) is 6.04 Å². The van der Waals surface area contributed by atoms with E-state index in [0.717, 1.165) is 18.0 Å². The Morgan fingerprint density at radius 3 is 2.33 bits per heavy atom. The van der Waals surface area contributed by atoms with Gasteiger partial charge in [-0.1, -0.05) is 20.8 Å². The number of ether oxygens (including phenoxy) is 2. The molecule has 0 saturated heterocycles. The minimum atomic E-state index is 0.441. The standard InChI is InChI=1S/C15H21NO2/c1-4-16-15-10(3)9(2)11-7-13-14(8-12(11)15)18-6-5-17-13/h7-10,15-16H,4-6H2,1-3H3. The van der Waals surface area contributed by atoms with Gasteiger partial charge >= 0.3 is 0 Å². The van der Waals surface area contributed by atoms with Crippen LogP contribution >= 0.6 is 0 Å². The number of benzene rings is 1. The van der Waals surface area contributed by atoms with Crippen LogP contribution in [0.2, 0.25) is 0 Å². The van der Waals surface area contributed by atoms with Crippen LogP contribution in [0.3, 0.4) is 0 Å². The third-order valence-corrected chi connectivity index (χ3v) is 4.31. The number of hydrogen-bond donors (Lipinski definition) is 1. The molecule has 3 heteroatoms. The second-order valence-corrected chi connectivity index (χ2v) is 5.31. The maximum Gasteiger partial charge on any atom is 0.161 e. The van der Waals surface area contributed by atoms with Crippen LogP contribution in [-0.4, -0.2) is 19.8 Å². The van der Waals surface area contributed by atoms with E-state index in [9.17, 15) is 0 Å². The lowest BCUT2D eigenvalue weighted by molar-refractivity contribution is 0.171. The highest BCUT2D eigenvalue weighted by molar-refractivity contribution is 5.52. The molecule has 0 fully saturated rings. The van der Waals surface area contributed by atoms with Gasteiger partial charge in [0.15, 0.2) is 11.5 Å². The molecule has 0 amide bonds. The number of hydrogen-bond acceptors (Lipinski definition) is 3. The van der Waals surface area contributed by atoms with Gasteiger partial charge in [-0.15, -0.1) is 0 Å². The van der Waals surface area contributed by atoms with Crippen molar-refractivity contribution >= 4 is 0 Å². The third-order valence-electron chi connectivity index (χ3n) is 4.31. The molecule has 1 aromatic rings. The molecular formula is C15H21NO2. The SMILES string of the molecule is CCNC1c2cc3c(cc2C(C)C1C)OCCO3. The van der Waals surface area contributed by atoms with Crippen LogP contribution in [0.25, 0.3) is 0 Å². The first-order valence-corrected chi connectivity index (χ1v) is 6.89. The van der Waals surface area contributed by atoms with Gasteiger partial charge in [0.25, 0.3) is 0 Å². The van der Waals surface area contributed by atoms with E-state index in [4.69, 9.17) is 9.47 Å². The lowest BCUT2D eigenvalue weighted by atomic mass is 9.94. The van der Waals surface area contributed by atoms with Gasteiger partial charge in [-0.3, -0.25) is 0 Å². The Morgan fingerprint density at radius 1 is 1.11 bits per heavy atom. The fourth-order valence-corrected chi connectivity index (χ4v) is 3.15. The Bertz CT molecular complexity index is 458. The molecule has 1 aromatic carbocycles. The van der Waals surface area contributed by atoms with Crippen LogP contribution in [0.5, 0.6) is 11.5 Å². The summed E-state index contributed by atoms with van der Waals surface area (Å²) in [6.45, 7) is 9.09. The fourth-order valence-electron chi connectivity index (χ4n) is 3.15. The lowest BCUT2D eigenvalue weighted by Crippen LogP contribution is -2.24. The van der Waals surface area contributed by atoms with Crippen LogP contribution in [0.1, 0.15) is 43.9 Å². The maximum atomic E-state index is 5.69. The van der Waals surface area contributed by atoms with E-state index in [2.05, 4.69) is 38.2 Å². The Balaban J connectivity index is 2.05. The summed E-state index contributed by atoms with van der Waals surface area (Å²) in [4.78, 5) is 0. The zero-order chi connectivity index (χ0) is 12.7. The molecule has 1 aliphatic carbocycles. The summed E-state index contributed by atoms with van der Waals surface area (Å²) in [5.41, 5.74) is 2.80. The smallest absolute Gasteiger partial charge is 0.161 e. The van der Waals surface area contributed by atoms with Crippen molar-refractivity contribution in [2.24, 2.45) is 5.92 Å². The summed E-state index contributed by atoms with van der Waals surface area (Å²) in [7, 11) is 0. The van der Waals surface area contributed by atoms with Gasteiger partial charge in [-0.25, -0.2) is 0 Å². The topological polar surface area (TPSA) is 30.5 Å². The first-order chi connectivity index (χ1) is 8.72. The molecule has 0 saturated carbocycles. The van der Waals surface area contributed by atoms with E-state index in [1.54, 1.807) is 0 Å². The monoisotopic (exact) mass is 247 g/mol. The number of rotatable bonds is 2. The molecule has 0 bridgehead atoms. The Hall–Kier alpha value is -1.22. The van der Waals surface area contributed by atoms with E-state index in [-0.39, 0.29) is 0 Å². The molecule has 1 N–H and O–H groups in total. The fraction of sp³-hybridized carbons (Fsp3) is 0.600. The Kier molecular flexibility index (Phi) is 2.94. The van der Waals surface area contributed by atoms with Crippen molar-refractivity contribution in [3.05, 3.63) is 23.3 Å². The predicted molar refractivity (Wildman–Crippen MR) is 71.4 cm³/mol. The van der Waals surface area contributed by atoms with Gasteiger partial charge in [0.1, 0.15) is 13.2 Å². The summed E-state index contributed by atoms with van der Waals surface area (Å²) in [6.07, 6.45) is 0. The second kappa shape index (κ2) is 4.47. The van der Waals surface area contributed by atoms with Gasteiger partial charge in [-0.2, -0.15) is 0 Å². The Morgan fingerprint density at radius 2 is 1.72 bits per heavy atom. The molecule has 18 heavy (non-hydrogen) atoms. The first kappa shape index (κ1) is 11.8. The van der Waals surface area contributed by atoms with Crippen LogP contribution in [-0.2, 0) is 0 Å². The van der Waals surface area contributed by atoms with Crippen molar-refractivity contribution in [2.75, 3.05) is 19.8 Å². The van der Waals surface area contributed by atoms with Crippen molar-refractivity contribution in [3.63, 3.8) is 0 Å². The van der Waals surface area contributed by atoms with Crippen LogP contribution in [0.15, 0.2) is 12.1 Å². The normalized spacial score (nSPS) is 29.2. The Labute approximate surface area is 108 Å². The zero-order valence-electron chi connectivity index (χ0n) is 11.3. The number of nitrogens with one attached hydrogen (secondary N) is 1. The minimum Gasteiger partial charge on any atom is -0.486 e. The molecule has 3 nitrogen and oxygen atoms in total. The van der Waals surface area contributed by atoms with Crippen molar-refractivity contribution in [3.8, 4) is 11.5 Å². The van der Waals surface area contributed by atoms with Crippen molar-refractivity contribution in [1.29, 1.82) is 0 Å². The summed E-state index contributed by atoms with van der Waals surface area (Å²) < 4.78 is 11.4. The van der Waals surface area contributed by atoms with E-state index in [1.807, 2.05) is 0 Å². The largest absolute Gasteiger partial charge is 0.486 e. The molecular weight excluding hydrogens is 226 g/mol. The van der Waals surface area contributed by atoms with Crippen molar-refractivity contribution in [1.82, 2.24) is 5.32 Å². The quantitative estimate of drug-likeness (QED) is 0.871. The lowest BCUT2D eigenvalue weighted by Gasteiger charge is -2.21. The summed E-state index contributed by atoms with van der Waals surface area (Å²) >= 11 is 0. The van der Waals surface area contributed by atoms with E-state index in [0.29, 0.717) is 31.1 Å². The van der Waals surface area contributed by atoms with Gasteiger partial charge in [0.2, 0.25) is 0 Å². The van der Waals surface area contributed by atoms with Gasteiger partial charge in [-0.05, 0) is 41.6 Å². The molecule has 0 aromatic heterocycles. The molecule has 0 radical (unpaired) electrons. The van der Waals surface area contributed by atoms with Crippen molar-refractivity contribution < 1.29 is 9.47 Å². The first-order valence-electron chi connectivity index (χ1n) is 6.89. The highest BCUT2D eigenvalue weighted by atomic mass is 16.6. The average Bonchev–Trinajstić information content (AvgIpc) is 2.62. The predicted octanol–water partition coefficient (Wildman–Crippen LogP) is 2.86. The van der Waals surface area contributed by atoms with Crippen molar-refractivity contribution in [2.45, 2.75) is 32.7 Å². The molecule has 3 rings (SSSR count). The van der Waals surface area contributed by atoms with Crippen LogP contribution in [0.4, 0.5) is 0 Å². The maximum absolute atomic E-state index is 5.69. The summed E-state index contributed by atoms with van der Waals surface area (Å²) in [5.74, 6) is 3.00. The highest BCUT2D eigenvalue weighted by Crippen LogP contribution is 2.48. The molecule has 98 valence electrons. The molecule has 0 spiro atoms. The highest BCUT2D eigenvalue weighted by Gasteiger charge is 2.36. The van der Waals surface area contributed by atoms with Gasteiger partial charge < -0.3 is 14.8 Å². The van der Waals surface area contributed by atoms with Crippen LogP contribution in [0, 0.1) is 5.92 Å². The molecule has 1 aliphatic heterocycles. The third kappa shape index (κ3) is 1.69. The summed E-state index contributed by atoms with van der Waals surface area (Å²) in [5, 5.41) is 3.59. The summed E-state index contributed by atoms with van der Waals surface area (Å²) in [6, 6.07) is 4.80. The minimum absolute atomic E-state index is 0.441. The molecule has 3 unspecified atom stereocenters. The van der Waals surface area contributed by atoms with E-state index in [1.165, 1.54) is 11.1 Å². The second-order valence-electron chi connectivity index (χ2n) is 5.31. The average molecular weight is 247 g/mol.